The number of carboxylic acids is 1. The fraction of sp³-hybridized carbons (Fsp3) is 0.0833. The lowest BCUT2D eigenvalue weighted by atomic mass is 10.2. The molecule has 0 bridgehead atoms. The van der Waals surface area contributed by atoms with Crippen LogP contribution in [0.25, 0.3) is 0 Å². The van der Waals surface area contributed by atoms with Crippen LogP contribution in [0.4, 0.5) is 13.2 Å². The van der Waals surface area contributed by atoms with E-state index in [2.05, 4.69) is 10.2 Å². The van der Waals surface area contributed by atoms with Crippen molar-refractivity contribution in [2.45, 2.75) is 6.18 Å². The van der Waals surface area contributed by atoms with E-state index in [0.717, 1.165) is 6.07 Å². The van der Waals surface area contributed by atoms with E-state index < -0.39 is 17.8 Å². The third kappa shape index (κ3) is 3.02. The molecule has 1 aromatic carbocycles. The summed E-state index contributed by atoms with van der Waals surface area (Å²) in [6, 6.07) is 7.35. The van der Waals surface area contributed by atoms with Crippen LogP contribution in [-0.2, 0) is 6.18 Å². The first kappa shape index (κ1) is 13.8. The van der Waals surface area contributed by atoms with Crippen molar-refractivity contribution in [3.8, 4) is 11.6 Å². The van der Waals surface area contributed by atoms with E-state index in [0.29, 0.717) is 6.07 Å². The van der Waals surface area contributed by atoms with Crippen LogP contribution in [0.2, 0.25) is 0 Å². The predicted molar refractivity (Wildman–Crippen MR) is 60.5 cm³/mol. The Kier molecular flexibility index (Phi) is 3.55. The second-order valence-corrected chi connectivity index (χ2v) is 3.66. The van der Waals surface area contributed by atoms with Crippen LogP contribution in [0, 0.1) is 0 Å². The number of hydrogen-bond donors (Lipinski definition) is 1. The average molecular weight is 284 g/mol. The van der Waals surface area contributed by atoms with Crippen LogP contribution < -0.4 is 4.74 Å². The molecule has 0 fully saturated rings. The molecular weight excluding hydrogens is 277 g/mol. The van der Waals surface area contributed by atoms with Gasteiger partial charge in [-0.1, -0.05) is 12.1 Å². The molecule has 0 amide bonds. The fourth-order valence-electron chi connectivity index (χ4n) is 1.37. The second-order valence-electron chi connectivity index (χ2n) is 3.66. The molecule has 0 spiro atoms. The van der Waals surface area contributed by atoms with E-state index >= 15 is 0 Å². The number of aromatic carboxylic acids is 1. The zero-order valence-corrected chi connectivity index (χ0v) is 9.76. The molecule has 5 nitrogen and oxygen atoms in total. The first-order valence-corrected chi connectivity index (χ1v) is 5.29. The Bertz CT molecular complexity index is 627. The highest BCUT2D eigenvalue weighted by Crippen LogP contribution is 2.29. The molecule has 0 aliphatic rings. The summed E-state index contributed by atoms with van der Waals surface area (Å²) in [7, 11) is 0. The van der Waals surface area contributed by atoms with Gasteiger partial charge in [-0.25, -0.2) is 4.79 Å². The number of rotatable bonds is 3. The van der Waals surface area contributed by atoms with Gasteiger partial charge in [0.05, 0.1) is 0 Å². The summed E-state index contributed by atoms with van der Waals surface area (Å²) in [4.78, 5) is 10.9. The van der Waals surface area contributed by atoms with Gasteiger partial charge >= 0.3 is 12.1 Å². The van der Waals surface area contributed by atoms with Crippen molar-refractivity contribution in [1.82, 2.24) is 10.2 Å². The standard InChI is InChI=1S/C12H7F3N2O3/c13-12(14,15)9-5-6-10(17-16-9)20-8-4-2-1-3-7(8)11(18)19/h1-6H,(H,18,19). The summed E-state index contributed by atoms with van der Waals surface area (Å²) in [6.07, 6.45) is -4.59. The molecule has 2 aromatic rings. The Hall–Kier alpha value is -2.64. The van der Waals surface area contributed by atoms with E-state index in [9.17, 15) is 18.0 Å². The number of ether oxygens (including phenoxy) is 1. The zero-order valence-electron chi connectivity index (χ0n) is 9.76. The van der Waals surface area contributed by atoms with Crippen molar-refractivity contribution in [2.75, 3.05) is 0 Å². The van der Waals surface area contributed by atoms with Gasteiger partial charge in [-0.3, -0.25) is 0 Å². The molecule has 1 N–H and O–H groups in total. The van der Waals surface area contributed by atoms with E-state index in [1.807, 2.05) is 0 Å². The Morgan fingerprint density at radius 1 is 1.10 bits per heavy atom. The molecule has 0 aliphatic heterocycles. The quantitative estimate of drug-likeness (QED) is 0.938. The normalized spacial score (nSPS) is 11.2. The molecule has 0 saturated heterocycles. The third-order valence-corrected chi connectivity index (χ3v) is 2.26. The molecule has 2 rings (SSSR count). The highest BCUT2D eigenvalue weighted by atomic mass is 19.4. The van der Waals surface area contributed by atoms with Gasteiger partial charge in [0.1, 0.15) is 11.3 Å². The molecule has 20 heavy (non-hydrogen) atoms. The monoisotopic (exact) mass is 284 g/mol. The minimum absolute atomic E-state index is 0.0333. The first-order chi connectivity index (χ1) is 9.38. The summed E-state index contributed by atoms with van der Waals surface area (Å²) in [5.41, 5.74) is -1.29. The predicted octanol–water partition coefficient (Wildman–Crippen LogP) is 2.99. The number of benzene rings is 1. The molecule has 8 heteroatoms. The Morgan fingerprint density at radius 2 is 1.80 bits per heavy atom. The van der Waals surface area contributed by atoms with Gasteiger partial charge in [-0.2, -0.15) is 13.2 Å². The maximum atomic E-state index is 12.3. The summed E-state index contributed by atoms with van der Waals surface area (Å²) < 4.78 is 42.0. The number of halogens is 3. The van der Waals surface area contributed by atoms with Gasteiger partial charge in [0.15, 0.2) is 5.69 Å². The zero-order chi connectivity index (χ0) is 14.8. The number of carbonyl (C=O) groups is 1. The van der Waals surface area contributed by atoms with Gasteiger partial charge in [0.25, 0.3) is 0 Å². The first-order valence-electron chi connectivity index (χ1n) is 5.29. The minimum Gasteiger partial charge on any atom is -0.478 e. The van der Waals surface area contributed by atoms with Crippen molar-refractivity contribution < 1.29 is 27.8 Å². The van der Waals surface area contributed by atoms with E-state index in [4.69, 9.17) is 9.84 Å². The average Bonchev–Trinajstić information content (AvgIpc) is 2.38. The lowest BCUT2D eigenvalue weighted by Crippen LogP contribution is -2.09. The molecule has 0 unspecified atom stereocenters. The molecule has 0 radical (unpaired) electrons. The van der Waals surface area contributed by atoms with Crippen LogP contribution >= 0.6 is 0 Å². The smallest absolute Gasteiger partial charge is 0.435 e. The second kappa shape index (κ2) is 5.16. The van der Waals surface area contributed by atoms with Crippen molar-refractivity contribution in [3.05, 3.63) is 47.7 Å². The number of alkyl halides is 3. The molecule has 1 aromatic heterocycles. The Labute approximate surface area is 110 Å². The highest BCUT2D eigenvalue weighted by Gasteiger charge is 2.33. The van der Waals surface area contributed by atoms with Crippen molar-refractivity contribution in [2.24, 2.45) is 0 Å². The molecule has 104 valence electrons. The largest absolute Gasteiger partial charge is 0.478 e. The number of carboxylic acid groups (broad SMARTS) is 1. The lowest BCUT2D eigenvalue weighted by Gasteiger charge is -2.08. The van der Waals surface area contributed by atoms with Crippen LogP contribution in [-0.4, -0.2) is 21.3 Å². The van der Waals surface area contributed by atoms with E-state index in [1.54, 1.807) is 0 Å². The number of aromatic nitrogens is 2. The molecule has 0 atom stereocenters. The Balaban J connectivity index is 2.25. The van der Waals surface area contributed by atoms with E-state index in [-0.39, 0.29) is 17.2 Å². The molecule has 0 saturated carbocycles. The van der Waals surface area contributed by atoms with Gasteiger partial charge in [-0.15, -0.1) is 10.2 Å². The number of hydrogen-bond acceptors (Lipinski definition) is 4. The third-order valence-electron chi connectivity index (χ3n) is 2.26. The maximum absolute atomic E-state index is 12.3. The van der Waals surface area contributed by atoms with Crippen LogP contribution in [0.15, 0.2) is 36.4 Å². The highest BCUT2D eigenvalue weighted by molar-refractivity contribution is 5.90. The minimum atomic E-state index is -4.59. The summed E-state index contributed by atoms with van der Waals surface area (Å²) in [5.74, 6) is -1.48. The van der Waals surface area contributed by atoms with Crippen LogP contribution in [0.3, 0.4) is 0 Å². The van der Waals surface area contributed by atoms with Gasteiger partial charge in [0.2, 0.25) is 5.88 Å². The van der Waals surface area contributed by atoms with Crippen molar-refractivity contribution in [3.63, 3.8) is 0 Å². The van der Waals surface area contributed by atoms with Gasteiger partial charge < -0.3 is 9.84 Å². The summed E-state index contributed by atoms with van der Waals surface area (Å²) in [5, 5.41) is 15.2. The van der Waals surface area contributed by atoms with Crippen LogP contribution in [0.5, 0.6) is 11.6 Å². The lowest BCUT2D eigenvalue weighted by molar-refractivity contribution is -0.141. The van der Waals surface area contributed by atoms with E-state index in [1.165, 1.54) is 24.3 Å². The molecular formula is C12H7F3N2O3. The Morgan fingerprint density at radius 3 is 2.35 bits per heavy atom. The van der Waals surface area contributed by atoms with Gasteiger partial charge in [-0.05, 0) is 18.2 Å². The summed E-state index contributed by atoms with van der Waals surface area (Å²) in [6.45, 7) is 0. The topological polar surface area (TPSA) is 72.3 Å². The molecule has 0 aliphatic carbocycles. The SMILES string of the molecule is O=C(O)c1ccccc1Oc1ccc(C(F)(F)F)nn1. The fourth-order valence-corrected chi connectivity index (χ4v) is 1.37. The number of para-hydroxylation sites is 1. The van der Waals surface area contributed by atoms with Crippen molar-refractivity contribution >= 4 is 5.97 Å². The van der Waals surface area contributed by atoms with Crippen LogP contribution in [0.1, 0.15) is 16.1 Å². The van der Waals surface area contributed by atoms with Crippen molar-refractivity contribution in [1.29, 1.82) is 0 Å². The maximum Gasteiger partial charge on any atom is 0.435 e. The number of nitrogens with zero attached hydrogens (tertiary/aromatic N) is 2. The van der Waals surface area contributed by atoms with Gasteiger partial charge in [0, 0.05) is 6.07 Å². The summed E-state index contributed by atoms with van der Waals surface area (Å²) >= 11 is 0. The molecule has 1 heterocycles.